The van der Waals surface area contributed by atoms with Gasteiger partial charge in [-0.05, 0) is 12.1 Å². The Labute approximate surface area is 138 Å². The van der Waals surface area contributed by atoms with Gasteiger partial charge in [-0.25, -0.2) is 0 Å². The van der Waals surface area contributed by atoms with E-state index in [9.17, 15) is 18.0 Å². The number of alkyl halides is 3. The van der Waals surface area contributed by atoms with Crippen LogP contribution in [0.15, 0.2) is 18.2 Å². The van der Waals surface area contributed by atoms with Crippen molar-refractivity contribution in [2.75, 3.05) is 32.7 Å². The maximum Gasteiger partial charge on any atom is 0.416 e. The number of nitrogens with zero attached hydrogens (tertiary/aromatic N) is 1. The second-order valence-electron chi connectivity index (χ2n) is 5.02. The fourth-order valence-electron chi connectivity index (χ4n) is 2.23. The molecule has 0 aromatic heterocycles. The third-order valence-electron chi connectivity index (χ3n) is 3.39. The summed E-state index contributed by atoms with van der Waals surface area (Å²) in [5.74, 6) is -0.843. The lowest BCUT2D eigenvalue weighted by molar-refractivity contribution is -0.138. The Morgan fingerprint density at radius 1 is 1.30 bits per heavy atom. The van der Waals surface area contributed by atoms with Gasteiger partial charge in [0.2, 0.25) is 0 Å². The van der Waals surface area contributed by atoms with E-state index in [2.05, 4.69) is 10.2 Å². The zero-order valence-electron chi connectivity index (χ0n) is 12.4. The van der Waals surface area contributed by atoms with E-state index < -0.39 is 17.7 Å². The van der Waals surface area contributed by atoms with Crippen LogP contribution in [-0.4, -0.2) is 43.6 Å². The van der Waals surface area contributed by atoms with Crippen molar-refractivity contribution in [3.8, 4) is 5.75 Å². The van der Waals surface area contributed by atoms with Crippen molar-refractivity contribution in [2.24, 2.45) is 5.73 Å². The Morgan fingerprint density at radius 3 is 2.52 bits per heavy atom. The van der Waals surface area contributed by atoms with Gasteiger partial charge in [-0.2, -0.15) is 13.2 Å². The van der Waals surface area contributed by atoms with Crippen LogP contribution in [0.3, 0.4) is 0 Å². The van der Waals surface area contributed by atoms with Crippen molar-refractivity contribution in [1.82, 2.24) is 10.2 Å². The zero-order chi connectivity index (χ0) is 16.2. The number of esters is 1. The molecule has 0 bridgehead atoms. The van der Waals surface area contributed by atoms with Gasteiger partial charge in [-0.15, -0.1) is 12.4 Å². The lowest BCUT2D eigenvalue weighted by Crippen LogP contribution is -2.43. The van der Waals surface area contributed by atoms with E-state index in [1.54, 1.807) is 0 Å². The van der Waals surface area contributed by atoms with Gasteiger partial charge < -0.3 is 15.8 Å². The van der Waals surface area contributed by atoms with Crippen molar-refractivity contribution < 1.29 is 22.7 Å². The highest BCUT2D eigenvalue weighted by atomic mass is 35.5. The molecule has 0 atom stereocenters. The van der Waals surface area contributed by atoms with E-state index in [0.717, 1.165) is 38.3 Å². The Hall–Kier alpha value is -1.35. The van der Waals surface area contributed by atoms with E-state index in [1.807, 2.05) is 0 Å². The summed E-state index contributed by atoms with van der Waals surface area (Å²) in [6.45, 7) is 3.24. The molecule has 0 aliphatic carbocycles. The summed E-state index contributed by atoms with van der Waals surface area (Å²) >= 11 is 0. The Kier molecular flexibility index (Phi) is 7.27. The fourth-order valence-corrected chi connectivity index (χ4v) is 2.23. The highest BCUT2D eigenvalue weighted by Gasteiger charge is 2.31. The summed E-state index contributed by atoms with van der Waals surface area (Å²) < 4.78 is 43.3. The lowest BCUT2D eigenvalue weighted by Gasteiger charge is -2.27. The molecule has 0 saturated carbocycles. The molecule has 1 aliphatic heterocycles. The summed E-state index contributed by atoms with van der Waals surface area (Å²) in [6.07, 6.45) is -4.49. The average Bonchev–Trinajstić information content (AvgIpc) is 2.49. The maximum atomic E-state index is 12.8. The molecule has 1 heterocycles. The van der Waals surface area contributed by atoms with Crippen molar-refractivity contribution in [3.63, 3.8) is 0 Å². The Bertz CT molecular complexity index is 534. The first-order chi connectivity index (χ1) is 10.4. The quantitative estimate of drug-likeness (QED) is 0.632. The topological polar surface area (TPSA) is 67.6 Å². The van der Waals surface area contributed by atoms with Crippen LogP contribution in [-0.2, 0) is 17.5 Å². The molecule has 0 spiro atoms. The van der Waals surface area contributed by atoms with Gasteiger partial charge in [0.25, 0.3) is 0 Å². The number of nitrogens with one attached hydrogen (secondary N) is 1. The number of hydrogen-bond acceptors (Lipinski definition) is 5. The van der Waals surface area contributed by atoms with E-state index >= 15 is 0 Å². The molecule has 1 aromatic carbocycles. The fraction of sp³-hybridized carbons (Fsp3) is 0.500. The van der Waals surface area contributed by atoms with Gasteiger partial charge in [0.1, 0.15) is 5.75 Å². The van der Waals surface area contributed by atoms with Crippen LogP contribution in [0.1, 0.15) is 11.1 Å². The van der Waals surface area contributed by atoms with E-state index in [0.29, 0.717) is 12.1 Å². The van der Waals surface area contributed by atoms with Crippen LogP contribution in [0, 0.1) is 0 Å². The SMILES string of the molecule is Cl.NCC(=O)Oc1cc(C(F)(F)F)ccc1CN1CCNCC1. The van der Waals surface area contributed by atoms with Gasteiger partial charge in [0.05, 0.1) is 12.1 Å². The van der Waals surface area contributed by atoms with Gasteiger partial charge in [0.15, 0.2) is 0 Å². The molecule has 1 saturated heterocycles. The van der Waals surface area contributed by atoms with E-state index in [-0.39, 0.29) is 24.7 Å². The zero-order valence-corrected chi connectivity index (χ0v) is 13.2. The molecule has 0 unspecified atom stereocenters. The van der Waals surface area contributed by atoms with Crippen LogP contribution in [0.4, 0.5) is 13.2 Å². The predicted molar refractivity (Wildman–Crippen MR) is 81.5 cm³/mol. The van der Waals surface area contributed by atoms with Crippen molar-refractivity contribution in [2.45, 2.75) is 12.7 Å². The molecule has 5 nitrogen and oxygen atoms in total. The molecule has 2 rings (SSSR count). The summed E-state index contributed by atoms with van der Waals surface area (Å²) in [4.78, 5) is 13.4. The molecule has 23 heavy (non-hydrogen) atoms. The molecule has 3 N–H and O–H groups in total. The number of nitrogens with two attached hydrogens (primary N) is 1. The lowest BCUT2D eigenvalue weighted by atomic mass is 10.1. The monoisotopic (exact) mass is 353 g/mol. The van der Waals surface area contributed by atoms with Gasteiger partial charge >= 0.3 is 12.1 Å². The molecule has 130 valence electrons. The smallest absolute Gasteiger partial charge is 0.416 e. The van der Waals surface area contributed by atoms with Gasteiger partial charge in [-0.1, -0.05) is 6.07 Å². The average molecular weight is 354 g/mol. The van der Waals surface area contributed by atoms with Crippen LogP contribution in [0.5, 0.6) is 5.75 Å². The van der Waals surface area contributed by atoms with Gasteiger partial charge in [0, 0.05) is 38.3 Å². The van der Waals surface area contributed by atoms with Crippen molar-refractivity contribution in [3.05, 3.63) is 29.3 Å². The standard InChI is InChI=1S/C14H18F3N3O2.ClH/c15-14(16,17)11-2-1-10(9-20-5-3-19-4-6-20)12(7-11)22-13(21)8-18;/h1-2,7,19H,3-6,8-9,18H2;1H. The summed E-state index contributed by atoms with van der Waals surface area (Å²) in [5, 5.41) is 3.19. The van der Waals surface area contributed by atoms with E-state index in [4.69, 9.17) is 10.5 Å². The molecule has 0 amide bonds. The second kappa shape index (κ2) is 8.49. The molecular formula is C14H19ClF3N3O2. The molecule has 9 heteroatoms. The highest BCUT2D eigenvalue weighted by molar-refractivity contribution is 5.85. The molecule has 1 aliphatic rings. The van der Waals surface area contributed by atoms with Crippen LogP contribution >= 0.6 is 12.4 Å². The van der Waals surface area contributed by atoms with Crippen LogP contribution < -0.4 is 15.8 Å². The summed E-state index contributed by atoms with van der Waals surface area (Å²) in [5.41, 5.74) is 4.85. The van der Waals surface area contributed by atoms with Crippen LogP contribution in [0.2, 0.25) is 0 Å². The normalized spacial score (nSPS) is 15.8. The summed E-state index contributed by atoms with van der Waals surface area (Å²) in [6, 6.07) is 3.20. The van der Waals surface area contributed by atoms with Crippen molar-refractivity contribution >= 4 is 18.4 Å². The second-order valence-corrected chi connectivity index (χ2v) is 5.02. The summed E-state index contributed by atoms with van der Waals surface area (Å²) in [7, 11) is 0. The van der Waals surface area contributed by atoms with E-state index in [1.165, 1.54) is 6.07 Å². The number of rotatable bonds is 4. The largest absolute Gasteiger partial charge is 0.425 e. The number of carbonyl (C=O) groups excluding carboxylic acids is 1. The first kappa shape index (κ1) is 19.7. The van der Waals surface area contributed by atoms with Gasteiger partial charge in [-0.3, -0.25) is 9.69 Å². The Balaban J connectivity index is 0.00000264. The molecule has 1 aromatic rings. The minimum absolute atomic E-state index is 0. The minimum Gasteiger partial charge on any atom is -0.425 e. The third-order valence-corrected chi connectivity index (χ3v) is 3.39. The maximum absolute atomic E-state index is 12.8. The van der Waals surface area contributed by atoms with Crippen LogP contribution in [0.25, 0.3) is 0 Å². The predicted octanol–water partition coefficient (Wildman–Crippen LogP) is 1.40. The third kappa shape index (κ3) is 5.65. The highest BCUT2D eigenvalue weighted by Crippen LogP contribution is 2.33. The molecule has 0 radical (unpaired) electrons. The Morgan fingerprint density at radius 2 is 1.96 bits per heavy atom. The number of carbonyl (C=O) groups is 1. The number of ether oxygens (including phenoxy) is 1. The van der Waals surface area contributed by atoms with Crippen molar-refractivity contribution in [1.29, 1.82) is 0 Å². The minimum atomic E-state index is -4.49. The first-order valence-electron chi connectivity index (χ1n) is 6.94. The molecule has 1 fully saturated rings. The number of halogens is 4. The first-order valence-corrected chi connectivity index (χ1v) is 6.94. The number of piperazine rings is 1. The molecular weight excluding hydrogens is 335 g/mol. The number of benzene rings is 1. The number of hydrogen-bond donors (Lipinski definition) is 2.